The van der Waals surface area contributed by atoms with Crippen LogP contribution in [0.5, 0.6) is 0 Å². The summed E-state index contributed by atoms with van der Waals surface area (Å²) in [6.45, 7) is 2.79. The first-order valence-corrected chi connectivity index (χ1v) is 12.7. The SMILES string of the molecule is O=C(Nc1ccccc1C(=O)N1CCN(C(c2ccccc2)c2ccccc2)CC1)c1cccs1. The molecule has 5 nitrogen and oxygen atoms in total. The molecule has 1 fully saturated rings. The maximum atomic E-state index is 13.5. The van der Waals surface area contributed by atoms with Crippen molar-refractivity contribution in [2.24, 2.45) is 0 Å². The summed E-state index contributed by atoms with van der Waals surface area (Å²) in [4.78, 5) is 31.0. The fourth-order valence-electron chi connectivity index (χ4n) is 4.61. The molecule has 6 heteroatoms. The van der Waals surface area contributed by atoms with Gasteiger partial charge in [-0.15, -0.1) is 11.3 Å². The molecule has 0 spiro atoms. The molecule has 2 heterocycles. The van der Waals surface area contributed by atoms with Crippen molar-refractivity contribution >= 4 is 28.8 Å². The molecule has 5 rings (SSSR count). The maximum absolute atomic E-state index is 13.5. The number of para-hydroxylation sites is 1. The lowest BCUT2D eigenvalue weighted by Crippen LogP contribution is -2.50. The van der Waals surface area contributed by atoms with Crippen LogP contribution in [0, 0.1) is 0 Å². The van der Waals surface area contributed by atoms with Crippen LogP contribution in [0.25, 0.3) is 0 Å². The molecule has 0 aliphatic carbocycles. The Hall–Kier alpha value is -3.74. The fourth-order valence-corrected chi connectivity index (χ4v) is 5.23. The summed E-state index contributed by atoms with van der Waals surface area (Å²) in [6, 6.07) is 32.1. The quantitative estimate of drug-likeness (QED) is 0.393. The third kappa shape index (κ3) is 5.19. The summed E-state index contributed by atoms with van der Waals surface area (Å²) < 4.78 is 0. The van der Waals surface area contributed by atoms with Gasteiger partial charge in [-0.3, -0.25) is 14.5 Å². The second-order valence-electron chi connectivity index (χ2n) is 8.53. The number of rotatable bonds is 6. The Labute approximate surface area is 209 Å². The molecule has 1 aliphatic rings. The highest BCUT2D eigenvalue weighted by Gasteiger charge is 2.29. The number of hydrogen-bond donors (Lipinski definition) is 1. The zero-order chi connectivity index (χ0) is 24.0. The number of thiophene rings is 1. The molecular formula is C29H27N3O2S. The largest absolute Gasteiger partial charge is 0.336 e. The molecule has 0 unspecified atom stereocenters. The van der Waals surface area contributed by atoms with Crippen LogP contribution in [0.3, 0.4) is 0 Å². The smallest absolute Gasteiger partial charge is 0.265 e. The van der Waals surface area contributed by atoms with E-state index in [0.29, 0.717) is 29.2 Å². The van der Waals surface area contributed by atoms with Crippen LogP contribution in [0.4, 0.5) is 5.69 Å². The zero-order valence-corrected chi connectivity index (χ0v) is 20.2. The summed E-state index contributed by atoms with van der Waals surface area (Å²) in [6.07, 6.45) is 0. The Morgan fingerprint density at radius 1 is 0.714 bits per heavy atom. The number of anilines is 1. The molecule has 4 aromatic rings. The van der Waals surface area contributed by atoms with E-state index < -0.39 is 0 Å². The van der Waals surface area contributed by atoms with E-state index in [2.05, 4.69) is 58.7 Å². The molecule has 35 heavy (non-hydrogen) atoms. The van der Waals surface area contributed by atoms with E-state index in [9.17, 15) is 9.59 Å². The summed E-state index contributed by atoms with van der Waals surface area (Å²) in [5.74, 6) is -0.249. The third-order valence-corrected chi connectivity index (χ3v) is 7.22. The van der Waals surface area contributed by atoms with Crippen LogP contribution in [0.2, 0.25) is 0 Å². The van der Waals surface area contributed by atoms with Crippen LogP contribution in [-0.4, -0.2) is 47.8 Å². The van der Waals surface area contributed by atoms with Crippen LogP contribution in [-0.2, 0) is 0 Å². The fraction of sp³-hybridized carbons (Fsp3) is 0.172. The van der Waals surface area contributed by atoms with Gasteiger partial charge in [-0.2, -0.15) is 0 Å². The molecule has 176 valence electrons. The molecular weight excluding hydrogens is 454 g/mol. The van der Waals surface area contributed by atoms with Crippen LogP contribution in [0.1, 0.15) is 37.2 Å². The molecule has 1 aliphatic heterocycles. The highest BCUT2D eigenvalue weighted by Crippen LogP contribution is 2.30. The molecule has 3 aromatic carbocycles. The van der Waals surface area contributed by atoms with Gasteiger partial charge in [0.15, 0.2) is 0 Å². The average Bonchev–Trinajstić information content (AvgIpc) is 3.46. The van der Waals surface area contributed by atoms with Gasteiger partial charge in [0.05, 0.1) is 22.2 Å². The van der Waals surface area contributed by atoms with Gasteiger partial charge < -0.3 is 10.2 Å². The van der Waals surface area contributed by atoms with Crippen LogP contribution < -0.4 is 5.32 Å². The first-order chi connectivity index (χ1) is 17.2. The predicted molar refractivity (Wildman–Crippen MR) is 141 cm³/mol. The number of nitrogens with zero attached hydrogens (tertiary/aromatic N) is 2. The van der Waals surface area contributed by atoms with Crippen LogP contribution >= 0.6 is 11.3 Å². The molecule has 0 saturated carbocycles. The Morgan fingerprint density at radius 3 is 1.91 bits per heavy atom. The number of carbonyl (C=O) groups is 2. The Balaban J connectivity index is 1.31. The minimum atomic E-state index is -0.196. The molecule has 0 atom stereocenters. The number of benzene rings is 3. The van der Waals surface area contributed by atoms with Crippen molar-refractivity contribution < 1.29 is 9.59 Å². The van der Waals surface area contributed by atoms with Gasteiger partial charge in [-0.25, -0.2) is 0 Å². The molecule has 1 saturated heterocycles. The molecule has 0 radical (unpaired) electrons. The Bertz CT molecular complexity index is 1230. The lowest BCUT2D eigenvalue weighted by molar-refractivity contribution is 0.0598. The molecule has 1 aromatic heterocycles. The maximum Gasteiger partial charge on any atom is 0.265 e. The zero-order valence-electron chi connectivity index (χ0n) is 19.3. The highest BCUT2D eigenvalue weighted by molar-refractivity contribution is 7.12. The van der Waals surface area contributed by atoms with Gasteiger partial charge in [0.25, 0.3) is 11.8 Å². The van der Waals surface area contributed by atoms with E-state index in [4.69, 9.17) is 0 Å². The van der Waals surface area contributed by atoms with Crippen molar-refractivity contribution in [2.75, 3.05) is 31.5 Å². The lowest BCUT2D eigenvalue weighted by Gasteiger charge is -2.40. The van der Waals surface area contributed by atoms with Crippen molar-refractivity contribution in [3.63, 3.8) is 0 Å². The number of piperazine rings is 1. The Kier molecular flexibility index (Phi) is 7.02. The van der Waals surface area contributed by atoms with Gasteiger partial charge in [-0.1, -0.05) is 78.9 Å². The van der Waals surface area contributed by atoms with E-state index in [0.717, 1.165) is 13.1 Å². The predicted octanol–water partition coefficient (Wildman–Crippen LogP) is 5.55. The van der Waals surface area contributed by atoms with Crippen molar-refractivity contribution in [1.29, 1.82) is 0 Å². The third-order valence-electron chi connectivity index (χ3n) is 6.35. The summed E-state index contributed by atoms with van der Waals surface area (Å²) in [5, 5.41) is 4.78. The van der Waals surface area contributed by atoms with E-state index in [1.165, 1.54) is 22.5 Å². The number of amides is 2. The summed E-state index contributed by atoms with van der Waals surface area (Å²) in [7, 11) is 0. The second kappa shape index (κ2) is 10.7. The molecule has 1 N–H and O–H groups in total. The van der Waals surface area contributed by atoms with Gasteiger partial charge in [0.1, 0.15) is 0 Å². The van der Waals surface area contributed by atoms with Crippen molar-refractivity contribution in [2.45, 2.75) is 6.04 Å². The molecule has 2 amide bonds. The topological polar surface area (TPSA) is 52.7 Å². The first-order valence-electron chi connectivity index (χ1n) is 11.8. The number of nitrogens with one attached hydrogen (secondary N) is 1. The van der Waals surface area contributed by atoms with Gasteiger partial charge in [0, 0.05) is 26.2 Å². The normalized spacial score (nSPS) is 14.1. The highest BCUT2D eigenvalue weighted by atomic mass is 32.1. The van der Waals surface area contributed by atoms with E-state index >= 15 is 0 Å². The summed E-state index contributed by atoms with van der Waals surface area (Å²) >= 11 is 1.38. The molecule has 0 bridgehead atoms. The number of hydrogen-bond acceptors (Lipinski definition) is 4. The standard InChI is InChI=1S/C29H27N3O2S/c33-28(26-16-9-21-35-26)30-25-15-8-7-14-24(25)29(34)32-19-17-31(18-20-32)27(22-10-3-1-4-11-22)23-12-5-2-6-13-23/h1-16,21,27H,17-20H2,(H,30,33). The second-order valence-corrected chi connectivity index (χ2v) is 9.48. The van der Waals surface area contributed by atoms with E-state index in [-0.39, 0.29) is 17.9 Å². The first kappa shape index (κ1) is 23.0. The van der Waals surface area contributed by atoms with Crippen molar-refractivity contribution in [3.8, 4) is 0 Å². The van der Waals surface area contributed by atoms with Crippen molar-refractivity contribution in [1.82, 2.24) is 9.80 Å². The van der Waals surface area contributed by atoms with E-state index in [1.807, 2.05) is 40.6 Å². The summed E-state index contributed by atoms with van der Waals surface area (Å²) in [5.41, 5.74) is 3.57. The van der Waals surface area contributed by atoms with Gasteiger partial charge in [0.2, 0.25) is 0 Å². The average molecular weight is 482 g/mol. The van der Waals surface area contributed by atoms with Gasteiger partial charge in [-0.05, 0) is 34.7 Å². The number of carbonyl (C=O) groups excluding carboxylic acids is 2. The van der Waals surface area contributed by atoms with Crippen molar-refractivity contribution in [3.05, 3.63) is 124 Å². The lowest BCUT2D eigenvalue weighted by atomic mass is 9.96. The van der Waals surface area contributed by atoms with Crippen LogP contribution in [0.15, 0.2) is 102 Å². The van der Waals surface area contributed by atoms with Gasteiger partial charge >= 0.3 is 0 Å². The Morgan fingerprint density at radius 2 is 1.31 bits per heavy atom. The van der Waals surface area contributed by atoms with E-state index in [1.54, 1.807) is 18.2 Å². The minimum Gasteiger partial charge on any atom is -0.336 e. The minimum absolute atomic E-state index is 0.0531. The monoisotopic (exact) mass is 481 g/mol.